The molecule has 1 amide bonds. The van der Waals surface area contributed by atoms with E-state index in [1.165, 1.54) is 0 Å². The van der Waals surface area contributed by atoms with Gasteiger partial charge in [0.25, 0.3) is 0 Å². The fourth-order valence-corrected chi connectivity index (χ4v) is 1.80. The van der Waals surface area contributed by atoms with Crippen LogP contribution >= 0.6 is 0 Å². The van der Waals surface area contributed by atoms with Crippen LogP contribution in [0.15, 0.2) is 5.57 Å². The van der Waals surface area contributed by atoms with Gasteiger partial charge in [0.1, 0.15) is 11.5 Å². The van der Waals surface area contributed by atoms with Gasteiger partial charge in [0.15, 0.2) is 6.04 Å². The van der Waals surface area contributed by atoms with Crippen LogP contribution < -0.4 is 0 Å². The van der Waals surface area contributed by atoms with Gasteiger partial charge < -0.3 is 9.84 Å². The summed E-state index contributed by atoms with van der Waals surface area (Å²) in [6, 6.07) is -1.26. The lowest BCUT2D eigenvalue weighted by atomic mass is 9.97. The lowest BCUT2D eigenvalue weighted by Gasteiger charge is -2.34. The molecule has 0 aromatic carbocycles. The monoisotopic (exact) mass is 255 g/mol. The van der Waals surface area contributed by atoms with E-state index in [1.807, 2.05) is 0 Å². The molecule has 1 atom stereocenters. The Kier molecular flexibility index (Phi) is 4.14. The van der Waals surface area contributed by atoms with E-state index in [0.29, 0.717) is 12.8 Å². The number of aliphatic carboxylic acids is 1. The maximum atomic E-state index is 11.9. The highest BCUT2D eigenvalue weighted by molar-refractivity contribution is 5.86. The van der Waals surface area contributed by atoms with E-state index in [9.17, 15) is 14.4 Å². The number of rotatable bonds is 1. The Balaban J connectivity index is 2.94. The van der Waals surface area contributed by atoms with Crippen molar-refractivity contribution in [3.8, 4) is 0 Å². The minimum Gasteiger partial charge on any atom is -0.479 e. The van der Waals surface area contributed by atoms with E-state index in [2.05, 4.69) is 0 Å². The van der Waals surface area contributed by atoms with Crippen LogP contribution in [0.1, 0.15) is 33.6 Å². The zero-order chi connectivity index (χ0) is 13.9. The summed E-state index contributed by atoms with van der Waals surface area (Å²) in [4.78, 5) is 34.8. The Hall–Kier alpha value is -1.81. The van der Waals surface area contributed by atoms with Crippen molar-refractivity contribution in [2.24, 2.45) is 0 Å². The molecule has 1 fully saturated rings. The zero-order valence-electron chi connectivity index (χ0n) is 10.7. The molecule has 0 aliphatic carbocycles. The third kappa shape index (κ3) is 3.34. The first kappa shape index (κ1) is 14.3. The molecule has 1 saturated heterocycles. The highest BCUT2D eigenvalue weighted by Gasteiger charge is 2.38. The van der Waals surface area contributed by atoms with E-state index < -0.39 is 23.7 Å². The van der Waals surface area contributed by atoms with E-state index in [4.69, 9.17) is 9.84 Å². The van der Waals surface area contributed by atoms with Crippen molar-refractivity contribution in [3.63, 3.8) is 0 Å². The minimum atomic E-state index is -1.26. The summed E-state index contributed by atoms with van der Waals surface area (Å²) < 4.78 is 5.13. The molecule has 0 spiro atoms. The predicted octanol–water partition coefficient (Wildman–Crippen LogP) is 1.23. The number of carbonyl (C=O) groups excluding carboxylic acids is 2. The topological polar surface area (TPSA) is 83.9 Å². The maximum absolute atomic E-state index is 11.9. The number of carboxylic acids is 1. The van der Waals surface area contributed by atoms with Gasteiger partial charge >= 0.3 is 12.1 Å². The van der Waals surface area contributed by atoms with Gasteiger partial charge in [0.05, 0.1) is 0 Å². The summed E-state index contributed by atoms with van der Waals surface area (Å²) in [6.45, 7) is 5.35. The summed E-state index contributed by atoms with van der Waals surface area (Å²) in [6.07, 6.45) is 0.162. The first-order chi connectivity index (χ1) is 8.26. The molecule has 1 aliphatic rings. The molecule has 1 rings (SSSR count). The summed E-state index contributed by atoms with van der Waals surface area (Å²) in [5, 5.41) is 9.11. The van der Waals surface area contributed by atoms with E-state index in [1.54, 1.807) is 26.7 Å². The van der Waals surface area contributed by atoms with Crippen molar-refractivity contribution < 1.29 is 24.2 Å². The van der Waals surface area contributed by atoms with E-state index in [-0.39, 0.29) is 12.1 Å². The Bertz CT molecular complexity index is 403. The molecule has 18 heavy (non-hydrogen) atoms. The third-order valence-corrected chi connectivity index (χ3v) is 2.48. The van der Waals surface area contributed by atoms with Crippen molar-refractivity contribution in [1.29, 1.82) is 0 Å². The molecule has 0 aromatic heterocycles. The quantitative estimate of drug-likeness (QED) is 0.712. The predicted molar refractivity (Wildman–Crippen MR) is 62.8 cm³/mol. The van der Waals surface area contributed by atoms with Crippen LogP contribution in [0.5, 0.6) is 0 Å². The van der Waals surface area contributed by atoms with Crippen LogP contribution in [0, 0.1) is 0 Å². The first-order valence-corrected chi connectivity index (χ1v) is 5.72. The number of nitrogens with zero attached hydrogens (tertiary/aromatic N) is 1. The Morgan fingerprint density at radius 2 is 2.06 bits per heavy atom. The third-order valence-electron chi connectivity index (χ3n) is 2.48. The minimum absolute atomic E-state index is 0.0830. The standard InChI is InChI=1S/C12H17NO5/c1-12(2,3)18-11(17)13-6-4-5-8(7-14)9(13)10(15)16/h9H,4-6H2,1-3H3,(H,15,16)/t9-/m0/s1. The number of ether oxygens (including phenoxy) is 1. The van der Waals surface area contributed by atoms with Gasteiger partial charge in [-0.15, -0.1) is 0 Å². The number of hydrogen-bond donors (Lipinski definition) is 1. The molecule has 1 N–H and O–H groups in total. The van der Waals surface area contributed by atoms with Gasteiger partial charge in [-0.3, -0.25) is 4.90 Å². The highest BCUT2D eigenvalue weighted by Crippen LogP contribution is 2.23. The number of piperidine rings is 1. The molecule has 100 valence electrons. The molecular formula is C12H17NO5. The SMILES string of the molecule is CC(C)(C)OC(=O)N1CCCC(=C=O)[C@H]1C(=O)O. The van der Waals surface area contributed by atoms with Crippen LogP contribution in [0.25, 0.3) is 0 Å². The van der Waals surface area contributed by atoms with Crippen LogP contribution in [-0.4, -0.2) is 46.2 Å². The lowest BCUT2D eigenvalue weighted by molar-refractivity contribution is -0.142. The molecule has 0 saturated carbocycles. The molecule has 0 radical (unpaired) electrons. The number of hydrogen-bond acceptors (Lipinski definition) is 4. The largest absolute Gasteiger partial charge is 0.479 e. The Morgan fingerprint density at radius 1 is 1.44 bits per heavy atom. The number of carboxylic acid groups (broad SMARTS) is 1. The second-order valence-corrected chi connectivity index (χ2v) is 5.15. The maximum Gasteiger partial charge on any atom is 0.411 e. The molecule has 1 aliphatic heterocycles. The van der Waals surface area contributed by atoms with E-state index in [0.717, 1.165) is 4.90 Å². The number of carbonyl (C=O) groups is 2. The zero-order valence-corrected chi connectivity index (χ0v) is 10.7. The van der Waals surface area contributed by atoms with Crippen LogP contribution in [-0.2, 0) is 14.3 Å². The fraction of sp³-hybridized carbons (Fsp3) is 0.667. The smallest absolute Gasteiger partial charge is 0.411 e. The van der Waals surface area contributed by atoms with Crippen LogP contribution in [0.3, 0.4) is 0 Å². The van der Waals surface area contributed by atoms with Gasteiger partial charge in [-0.05, 0) is 33.6 Å². The van der Waals surface area contributed by atoms with Crippen LogP contribution in [0.4, 0.5) is 4.79 Å². The fourth-order valence-electron chi connectivity index (χ4n) is 1.80. The number of likely N-dealkylation sites (tertiary alicyclic amines) is 1. The summed E-state index contributed by atoms with van der Waals surface area (Å²) in [5.74, 6) is 0.382. The molecule has 0 aromatic rings. The normalized spacial score (nSPS) is 20.3. The molecule has 6 nitrogen and oxygen atoms in total. The molecular weight excluding hydrogens is 238 g/mol. The summed E-state index contributed by atoms with van der Waals surface area (Å²) in [7, 11) is 0. The van der Waals surface area contributed by atoms with Gasteiger partial charge in [-0.25, -0.2) is 14.4 Å². The second kappa shape index (κ2) is 5.23. The lowest BCUT2D eigenvalue weighted by Crippen LogP contribution is -2.51. The second-order valence-electron chi connectivity index (χ2n) is 5.15. The van der Waals surface area contributed by atoms with Crippen molar-refractivity contribution in [3.05, 3.63) is 5.57 Å². The Labute approximate surface area is 105 Å². The number of amides is 1. The molecule has 0 bridgehead atoms. The highest BCUT2D eigenvalue weighted by atomic mass is 16.6. The van der Waals surface area contributed by atoms with E-state index >= 15 is 0 Å². The van der Waals surface area contributed by atoms with Crippen molar-refractivity contribution >= 4 is 18.0 Å². The molecule has 1 heterocycles. The van der Waals surface area contributed by atoms with Crippen molar-refractivity contribution in [2.75, 3.05) is 6.54 Å². The van der Waals surface area contributed by atoms with Crippen molar-refractivity contribution in [2.45, 2.75) is 45.3 Å². The first-order valence-electron chi connectivity index (χ1n) is 5.72. The van der Waals surface area contributed by atoms with Gasteiger partial charge in [0.2, 0.25) is 0 Å². The van der Waals surface area contributed by atoms with Gasteiger partial charge in [-0.1, -0.05) is 0 Å². The summed E-state index contributed by atoms with van der Waals surface area (Å²) in [5.41, 5.74) is -0.623. The van der Waals surface area contributed by atoms with Crippen LogP contribution in [0.2, 0.25) is 0 Å². The average molecular weight is 255 g/mol. The molecule has 6 heteroatoms. The van der Waals surface area contributed by atoms with Crippen molar-refractivity contribution in [1.82, 2.24) is 4.90 Å². The average Bonchev–Trinajstić information content (AvgIpc) is 2.25. The van der Waals surface area contributed by atoms with Gasteiger partial charge in [-0.2, -0.15) is 0 Å². The molecule has 0 unspecified atom stereocenters. The summed E-state index contributed by atoms with van der Waals surface area (Å²) >= 11 is 0. The van der Waals surface area contributed by atoms with Gasteiger partial charge in [0, 0.05) is 12.1 Å². The Morgan fingerprint density at radius 3 is 2.50 bits per heavy atom.